The lowest BCUT2D eigenvalue weighted by Gasteiger charge is -2.24. The molecular formula is C22H28N2O4. The Morgan fingerprint density at radius 2 is 1.86 bits per heavy atom. The van der Waals surface area contributed by atoms with E-state index in [1.165, 1.54) is 0 Å². The van der Waals surface area contributed by atoms with Crippen molar-refractivity contribution in [3.8, 4) is 23.0 Å². The SMILES string of the molecule is C=C(C)COc1ccc(C2NNC(C)C2Oc2ccccc2OCC)c(O)c1. The maximum absolute atomic E-state index is 10.6. The molecule has 3 N–H and O–H groups in total. The summed E-state index contributed by atoms with van der Waals surface area (Å²) in [5.41, 5.74) is 8.08. The molecule has 0 saturated carbocycles. The van der Waals surface area contributed by atoms with Gasteiger partial charge in [-0.1, -0.05) is 18.7 Å². The van der Waals surface area contributed by atoms with Gasteiger partial charge in [0.2, 0.25) is 0 Å². The third kappa shape index (κ3) is 4.58. The average Bonchev–Trinajstić information content (AvgIpc) is 3.02. The molecule has 0 spiro atoms. The number of aromatic hydroxyl groups is 1. The second-order valence-corrected chi connectivity index (χ2v) is 6.98. The van der Waals surface area contributed by atoms with E-state index in [-0.39, 0.29) is 23.9 Å². The molecule has 1 aliphatic rings. The van der Waals surface area contributed by atoms with Gasteiger partial charge in [0.25, 0.3) is 0 Å². The Bertz CT molecular complexity index is 824. The summed E-state index contributed by atoms with van der Waals surface area (Å²) in [7, 11) is 0. The van der Waals surface area contributed by atoms with Gasteiger partial charge >= 0.3 is 0 Å². The molecule has 150 valence electrons. The lowest BCUT2D eigenvalue weighted by Crippen LogP contribution is -2.33. The van der Waals surface area contributed by atoms with Gasteiger partial charge in [-0.3, -0.25) is 5.43 Å². The van der Waals surface area contributed by atoms with Gasteiger partial charge in [-0.05, 0) is 50.6 Å². The first-order valence-corrected chi connectivity index (χ1v) is 9.49. The van der Waals surface area contributed by atoms with E-state index in [0.29, 0.717) is 30.5 Å². The molecule has 0 aromatic heterocycles. The van der Waals surface area contributed by atoms with Crippen molar-refractivity contribution < 1.29 is 19.3 Å². The number of rotatable bonds is 8. The van der Waals surface area contributed by atoms with Crippen LogP contribution in [0.2, 0.25) is 0 Å². The highest BCUT2D eigenvalue weighted by Gasteiger charge is 2.38. The molecule has 6 heteroatoms. The highest BCUT2D eigenvalue weighted by molar-refractivity contribution is 5.44. The van der Waals surface area contributed by atoms with Gasteiger partial charge in [0.1, 0.15) is 24.2 Å². The smallest absolute Gasteiger partial charge is 0.161 e. The van der Waals surface area contributed by atoms with Gasteiger partial charge in [-0.2, -0.15) is 0 Å². The zero-order valence-corrected chi connectivity index (χ0v) is 16.6. The second-order valence-electron chi connectivity index (χ2n) is 6.98. The molecule has 6 nitrogen and oxygen atoms in total. The standard InChI is InChI=1S/C22H28N2O4/c1-5-26-19-8-6-7-9-20(19)28-22-15(4)23-24-21(22)17-11-10-16(12-18(17)25)27-13-14(2)3/h6-12,15,21-25H,2,5,13H2,1,3-4H3. The molecule has 1 saturated heterocycles. The van der Waals surface area contributed by atoms with Crippen LogP contribution in [0.5, 0.6) is 23.0 Å². The molecule has 0 amide bonds. The van der Waals surface area contributed by atoms with E-state index in [9.17, 15) is 5.11 Å². The number of nitrogens with one attached hydrogen (secondary N) is 2. The number of benzene rings is 2. The molecule has 3 unspecified atom stereocenters. The molecule has 0 aliphatic carbocycles. The first-order valence-electron chi connectivity index (χ1n) is 9.49. The number of para-hydroxylation sites is 2. The number of hydrogen-bond acceptors (Lipinski definition) is 6. The summed E-state index contributed by atoms with van der Waals surface area (Å²) < 4.78 is 17.6. The van der Waals surface area contributed by atoms with E-state index in [0.717, 1.165) is 11.1 Å². The molecule has 1 heterocycles. The van der Waals surface area contributed by atoms with Crippen molar-refractivity contribution in [2.24, 2.45) is 0 Å². The van der Waals surface area contributed by atoms with Crippen molar-refractivity contribution in [3.05, 3.63) is 60.2 Å². The van der Waals surface area contributed by atoms with Crippen molar-refractivity contribution >= 4 is 0 Å². The van der Waals surface area contributed by atoms with E-state index in [1.54, 1.807) is 6.07 Å². The number of phenols is 1. The van der Waals surface area contributed by atoms with Crippen molar-refractivity contribution in [2.75, 3.05) is 13.2 Å². The highest BCUT2D eigenvalue weighted by atomic mass is 16.5. The maximum atomic E-state index is 10.6. The predicted octanol–water partition coefficient (Wildman–Crippen LogP) is 3.73. The Kier molecular flexibility index (Phi) is 6.44. The quantitative estimate of drug-likeness (QED) is 0.603. The maximum Gasteiger partial charge on any atom is 0.161 e. The number of phenolic OH excluding ortho intramolecular Hbond substituents is 1. The minimum absolute atomic E-state index is 0.0263. The second kappa shape index (κ2) is 8.99. The monoisotopic (exact) mass is 384 g/mol. The Hall–Kier alpha value is -2.70. The van der Waals surface area contributed by atoms with Gasteiger partial charge in [0.05, 0.1) is 18.7 Å². The van der Waals surface area contributed by atoms with Gasteiger partial charge in [0.15, 0.2) is 11.5 Å². The topological polar surface area (TPSA) is 72.0 Å². The molecular weight excluding hydrogens is 356 g/mol. The summed E-state index contributed by atoms with van der Waals surface area (Å²) in [4.78, 5) is 0. The summed E-state index contributed by atoms with van der Waals surface area (Å²) in [5.74, 6) is 2.13. The summed E-state index contributed by atoms with van der Waals surface area (Å²) in [6.45, 7) is 10.7. The molecule has 2 aromatic rings. The fourth-order valence-electron chi connectivity index (χ4n) is 3.15. The lowest BCUT2D eigenvalue weighted by molar-refractivity contribution is 0.162. The summed E-state index contributed by atoms with van der Waals surface area (Å²) in [6.07, 6.45) is -0.241. The number of ether oxygens (including phenoxy) is 3. The average molecular weight is 384 g/mol. The van der Waals surface area contributed by atoms with Crippen LogP contribution in [0.1, 0.15) is 32.4 Å². The van der Waals surface area contributed by atoms with E-state index >= 15 is 0 Å². The van der Waals surface area contributed by atoms with Crippen LogP contribution in [0, 0.1) is 0 Å². The van der Waals surface area contributed by atoms with E-state index < -0.39 is 0 Å². The fraction of sp³-hybridized carbons (Fsp3) is 0.364. The Labute approximate surface area is 166 Å². The van der Waals surface area contributed by atoms with Crippen LogP contribution >= 0.6 is 0 Å². The third-order valence-electron chi connectivity index (χ3n) is 4.52. The first kappa shape index (κ1) is 20.0. The predicted molar refractivity (Wildman–Crippen MR) is 109 cm³/mol. The van der Waals surface area contributed by atoms with Crippen molar-refractivity contribution in [1.29, 1.82) is 0 Å². The molecule has 0 radical (unpaired) electrons. The molecule has 1 fully saturated rings. The number of hydrazine groups is 1. The minimum Gasteiger partial charge on any atom is -0.507 e. The van der Waals surface area contributed by atoms with Crippen molar-refractivity contribution in [1.82, 2.24) is 10.9 Å². The summed E-state index contributed by atoms with van der Waals surface area (Å²) in [6, 6.07) is 12.7. The van der Waals surface area contributed by atoms with Crippen molar-refractivity contribution in [2.45, 2.75) is 39.0 Å². The molecule has 3 rings (SSSR count). The van der Waals surface area contributed by atoms with Crippen LogP contribution in [0.25, 0.3) is 0 Å². The van der Waals surface area contributed by atoms with Gasteiger partial charge in [0, 0.05) is 11.6 Å². The van der Waals surface area contributed by atoms with Gasteiger partial charge < -0.3 is 19.3 Å². The molecule has 2 aromatic carbocycles. The molecule has 0 bridgehead atoms. The third-order valence-corrected chi connectivity index (χ3v) is 4.52. The van der Waals surface area contributed by atoms with Crippen LogP contribution in [-0.2, 0) is 0 Å². The zero-order chi connectivity index (χ0) is 20.1. The van der Waals surface area contributed by atoms with E-state index in [2.05, 4.69) is 17.4 Å². The first-order chi connectivity index (χ1) is 13.5. The largest absolute Gasteiger partial charge is 0.507 e. The fourth-order valence-corrected chi connectivity index (χ4v) is 3.15. The number of hydrogen-bond donors (Lipinski definition) is 3. The summed E-state index contributed by atoms with van der Waals surface area (Å²) in [5, 5.41) is 10.6. The molecule has 3 atom stereocenters. The van der Waals surface area contributed by atoms with E-state index in [4.69, 9.17) is 14.2 Å². The Morgan fingerprint density at radius 3 is 2.54 bits per heavy atom. The van der Waals surface area contributed by atoms with Crippen molar-refractivity contribution in [3.63, 3.8) is 0 Å². The van der Waals surface area contributed by atoms with Gasteiger partial charge in [-0.25, -0.2) is 5.43 Å². The van der Waals surface area contributed by atoms with Gasteiger partial charge in [-0.15, -0.1) is 0 Å². The summed E-state index contributed by atoms with van der Waals surface area (Å²) >= 11 is 0. The molecule has 28 heavy (non-hydrogen) atoms. The highest BCUT2D eigenvalue weighted by Crippen LogP contribution is 2.36. The van der Waals surface area contributed by atoms with Crippen LogP contribution in [0.4, 0.5) is 0 Å². The van der Waals surface area contributed by atoms with Crippen LogP contribution in [0.15, 0.2) is 54.6 Å². The van der Waals surface area contributed by atoms with Crippen LogP contribution in [-0.4, -0.2) is 30.5 Å². The Balaban J connectivity index is 1.81. The lowest BCUT2D eigenvalue weighted by atomic mass is 9.98. The normalized spacial score (nSPS) is 21.3. The van der Waals surface area contributed by atoms with E-state index in [1.807, 2.05) is 57.2 Å². The van der Waals surface area contributed by atoms with Crippen LogP contribution in [0.3, 0.4) is 0 Å². The molecule has 1 aliphatic heterocycles. The van der Waals surface area contributed by atoms with Crippen LogP contribution < -0.4 is 25.1 Å². The Morgan fingerprint density at radius 1 is 1.11 bits per heavy atom. The minimum atomic E-state index is -0.241. The zero-order valence-electron chi connectivity index (χ0n) is 16.6.